The SMILES string of the molecule is Cc1nc(-c2nnn(C)c2CNc2noc(C(C)OC3CC3)n2)ccc1O[C@H]1CCC[C@H](C(=O)O)C1. The van der Waals surface area contributed by atoms with Crippen LogP contribution in [0.5, 0.6) is 5.75 Å². The lowest BCUT2D eigenvalue weighted by atomic mass is 9.87. The Morgan fingerprint density at radius 2 is 2.08 bits per heavy atom. The first-order valence-electron chi connectivity index (χ1n) is 12.4. The fourth-order valence-electron chi connectivity index (χ4n) is 4.42. The molecule has 1 unspecified atom stereocenters. The Morgan fingerprint density at radius 3 is 2.83 bits per heavy atom. The van der Waals surface area contributed by atoms with Crippen molar-refractivity contribution >= 4 is 11.9 Å². The van der Waals surface area contributed by atoms with Crippen LogP contribution < -0.4 is 10.1 Å². The van der Waals surface area contributed by atoms with Crippen LogP contribution in [-0.4, -0.2) is 53.4 Å². The summed E-state index contributed by atoms with van der Waals surface area (Å²) >= 11 is 0. The number of pyridine rings is 1. The maximum atomic E-state index is 11.4. The van der Waals surface area contributed by atoms with Gasteiger partial charge in [0.1, 0.15) is 17.5 Å². The molecule has 0 radical (unpaired) electrons. The van der Waals surface area contributed by atoms with Crippen molar-refractivity contribution < 1.29 is 23.9 Å². The number of anilines is 1. The topological polar surface area (TPSA) is 150 Å². The normalized spacial score (nSPS) is 20.8. The van der Waals surface area contributed by atoms with E-state index in [1.165, 1.54) is 0 Å². The third kappa shape index (κ3) is 5.48. The number of carbonyl (C=O) groups is 1. The summed E-state index contributed by atoms with van der Waals surface area (Å²) in [5, 5.41) is 25.0. The number of nitrogens with zero attached hydrogens (tertiary/aromatic N) is 6. The van der Waals surface area contributed by atoms with Crippen molar-refractivity contribution in [2.45, 2.75) is 77.2 Å². The zero-order valence-corrected chi connectivity index (χ0v) is 20.7. The van der Waals surface area contributed by atoms with Crippen LogP contribution in [0.15, 0.2) is 16.7 Å². The quantitative estimate of drug-likeness (QED) is 0.424. The van der Waals surface area contributed by atoms with Gasteiger partial charge in [-0.3, -0.25) is 4.79 Å². The summed E-state index contributed by atoms with van der Waals surface area (Å²) in [6.07, 6.45) is 4.98. The van der Waals surface area contributed by atoms with Crippen LogP contribution in [-0.2, 0) is 23.1 Å². The highest BCUT2D eigenvalue weighted by Gasteiger charge is 2.29. The highest BCUT2D eigenvalue weighted by molar-refractivity contribution is 5.70. The minimum absolute atomic E-state index is 0.125. The summed E-state index contributed by atoms with van der Waals surface area (Å²) in [6.45, 7) is 4.14. The highest BCUT2D eigenvalue weighted by atomic mass is 16.5. The molecule has 2 N–H and O–H groups in total. The Bertz CT molecular complexity index is 1220. The van der Waals surface area contributed by atoms with Crippen LogP contribution in [0.3, 0.4) is 0 Å². The Hall–Kier alpha value is -3.54. The van der Waals surface area contributed by atoms with Crippen LogP contribution in [0.4, 0.5) is 5.95 Å². The zero-order valence-electron chi connectivity index (χ0n) is 20.7. The second-order valence-corrected chi connectivity index (χ2v) is 9.52. The lowest BCUT2D eigenvalue weighted by Gasteiger charge is -2.27. The van der Waals surface area contributed by atoms with E-state index >= 15 is 0 Å². The maximum absolute atomic E-state index is 11.4. The van der Waals surface area contributed by atoms with E-state index in [4.69, 9.17) is 19.0 Å². The van der Waals surface area contributed by atoms with Crippen molar-refractivity contribution in [1.29, 1.82) is 0 Å². The summed E-state index contributed by atoms with van der Waals surface area (Å²) in [5.41, 5.74) is 2.82. The molecule has 5 rings (SSSR count). The summed E-state index contributed by atoms with van der Waals surface area (Å²) in [7, 11) is 1.81. The Kier molecular flexibility index (Phi) is 6.86. The molecule has 3 aromatic heterocycles. The summed E-state index contributed by atoms with van der Waals surface area (Å²) in [6, 6.07) is 3.71. The lowest BCUT2D eigenvalue weighted by Crippen LogP contribution is -2.29. The lowest BCUT2D eigenvalue weighted by molar-refractivity contribution is -0.143. The fraction of sp³-hybridized carbons (Fsp3) is 0.583. The Balaban J connectivity index is 1.25. The number of aromatic nitrogens is 6. The molecule has 0 aromatic carbocycles. The first-order valence-corrected chi connectivity index (χ1v) is 12.4. The molecule has 0 spiro atoms. The molecule has 3 aromatic rings. The number of hydrogen-bond donors (Lipinski definition) is 2. The van der Waals surface area contributed by atoms with E-state index < -0.39 is 5.97 Å². The molecule has 2 fully saturated rings. The highest BCUT2D eigenvalue weighted by Crippen LogP contribution is 2.31. The van der Waals surface area contributed by atoms with Gasteiger partial charge in [0, 0.05) is 7.05 Å². The monoisotopic (exact) mass is 497 g/mol. The average molecular weight is 498 g/mol. The molecule has 0 amide bonds. The van der Waals surface area contributed by atoms with E-state index in [2.05, 4.69) is 25.8 Å². The number of carboxylic acid groups (broad SMARTS) is 1. The minimum atomic E-state index is -0.754. The van der Waals surface area contributed by atoms with Crippen molar-refractivity contribution in [1.82, 2.24) is 30.1 Å². The standard InChI is InChI=1S/C24H31N7O5/c1-13-20(35-17-6-4-5-15(11-17)23(32)33)10-9-18(26-13)21-19(31(3)30-28-21)12-25-24-27-22(36-29-24)14(2)34-16-7-8-16/h9-10,14-17H,4-8,11-12H2,1-3H3,(H,25,29)(H,32,33)/t14?,15-,17-/m0/s1. The summed E-state index contributed by atoms with van der Waals surface area (Å²) in [4.78, 5) is 20.5. The van der Waals surface area contributed by atoms with E-state index in [1.54, 1.807) is 4.68 Å². The Morgan fingerprint density at radius 1 is 1.25 bits per heavy atom. The molecule has 12 heteroatoms. The average Bonchev–Trinajstić information content (AvgIpc) is 3.41. The van der Waals surface area contributed by atoms with Crippen LogP contribution in [0.1, 0.15) is 68.8 Å². The molecule has 192 valence electrons. The molecule has 0 aliphatic heterocycles. The van der Waals surface area contributed by atoms with Gasteiger partial charge in [-0.2, -0.15) is 4.98 Å². The van der Waals surface area contributed by atoms with Crippen LogP contribution in [0.2, 0.25) is 0 Å². The van der Waals surface area contributed by atoms with Crippen molar-refractivity contribution in [3.63, 3.8) is 0 Å². The summed E-state index contributed by atoms with van der Waals surface area (Å²) < 4.78 is 18.9. The van der Waals surface area contributed by atoms with Crippen LogP contribution >= 0.6 is 0 Å². The van der Waals surface area contributed by atoms with Gasteiger partial charge in [-0.05, 0) is 69.7 Å². The van der Waals surface area contributed by atoms with E-state index in [-0.39, 0.29) is 18.1 Å². The van der Waals surface area contributed by atoms with Gasteiger partial charge in [-0.25, -0.2) is 9.67 Å². The van der Waals surface area contributed by atoms with Crippen molar-refractivity contribution in [2.75, 3.05) is 5.32 Å². The smallest absolute Gasteiger partial charge is 0.306 e. The molecule has 3 heterocycles. The van der Waals surface area contributed by atoms with Crippen molar-refractivity contribution in [3.8, 4) is 17.1 Å². The first-order chi connectivity index (χ1) is 17.4. The molecule has 2 aliphatic carbocycles. The Labute approximate surface area is 208 Å². The van der Waals surface area contributed by atoms with Gasteiger partial charge in [0.2, 0.25) is 0 Å². The molecule has 2 saturated carbocycles. The molecule has 0 bridgehead atoms. The van der Waals surface area contributed by atoms with Crippen molar-refractivity contribution in [3.05, 3.63) is 29.4 Å². The zero-order chi connectivity index (χ0) is 25.2. The van der Waals surface area contributed by atoms with E-state index in [0.717, 1.165) is 31.4 Å². The predicted octanol–water partition coefficient (Wildman–Crippen LogP) is 3.44. The van der Waals surface area contributed by atoms with Gasteiger partial charge in [-0.15, -0.1) is 5.10 Å². The number of hydrogen-bond acceptors (Lipinski definition) is 10. The van der Waals surface area contributed by atoms with Gasteiger partial charge >= 0.3 is 5.97 Å². The molecule has 3 atom stereocenters. The summed E-state index contributed by atoms with van der Waals surface area (Å²) in [5.74, 6) is 0.350. The number of ether oxygens (including phenoxy) is 2. The largest absolute Gasteiger partial charge is 0.489 e. The maximum Gasteiger partial charge on any atom is 0.306 e. The molecular weight excluding hydrogens is 466 g/mol. The van der Waals surface area contributed by atoms with E-state index in [1.807, 2.05) is 33.0 Å². The second kappa shape index (κ2) is 10.2. The van der Waals surface area contributed by atoms with Gasteiger partial charge in [0.25, 0.3) is 11.8 Å². The molecular formula is C24H31N7O5. The van der Waals surface area contributed by atoms with Gasteiger partial charge in [-0.1, -0.05) is 5.21 Å². The van der Waals surface area contributed by atoms with E-state index in [9.17, 15) is 9.90 Å². The first kappa shape index (κ1) is 24.2. The van der Waals surface area contributed by atoms with Crippen LogP contribution in [0, 0.1) is 12.8 Å². The minimum Gasteiger partial charge on any atom is -0.489 e. The number of rotatable bonds is 10. The van der Waals surface area contributed by atoms with Gasteiger partial charge < -0.3 is 24.4 Å². The number of carboxylic acids is 1. The van der Waals surface area contributed by atoms with E-state index in [0.29, 0.717) is 60.2 Å². The second-order valence-electron chi connectivity index (χ2n) is 9.52. The van der Waals surface area contributed by atoms with Crippen LogP contribution in [0.25, 0.3) is 11.4 Å². The van der Waals surface area contributed by atoms with Crippen molar-refractivity contribution in [2.24, 2.45) is 13.0 Å². The third-order valence-corrected chi connectivity index (χ3v) is 6.62. The number of aliphatic carboxylic acids is 1. The number of nitrogens with one attached hydrogen (secondary N) is 1. The third-order valence-electron chi connectivity index (χ3n) is 6.62. The number of aryl methyl sites for hydroxylation is 2. The molecule has 36 heavy (non-hydrogen) atoms. The fourth-order valence-corrected chi connectivity index (χ4v) is 4.42. The molecule has 0 saturated heterocycles. The predicted molar refractivity (Wildman–Crippen MR) is 127 cm³/mol. The molecule has 2 aliphatic rings. The van der Waals surface area contributed by atoms with Gasteiger partial charge in [0.15, 0.2) is 0 Å². The molecule has 12 nitrogen and oxygen atoms in total. The van der Waals surface area contributed by atoms with Gasteiger partial charge in [0.05, 0.1) is 41.8 Å².